The topological polar surface area (TPSA) is 76.2 Å². The molecule has 0 unspecified atom stereocenters. The molecule has 0 amide bonds. The molecule has 1 aromatic carbocycles. The first-order valence-corrected chi connectivity index (χ1v) is 8.02. The van der Waals surface area contributed by atoms with Crippen molar-refractivity contribution in [1.82, 2.24) is 19.6 Å². The van der Waals surface area contributed by atoms with Gasteiger partial charge in [-0.25, -0.2) is 0 Å². The Labute approximate surface area is 145 Å². The first-order valence-electron chi connectivity index (χ1n) is 8.02. The summed E-state index contributed by atoms with van der Waals surface area (Å²) in [5, 5.41) is 18.1. The van der Waals surface area contributed by atoms with E-state index in [2.05, 4.69) is 10.3 Å². The van der Waals surface area contributed by atoms with Crippen LogP contribution in [0, 0.1) is 6.92 Å². The highest BCUT2D eigenvalue weighted by molar-refractivity contribution is 5.61. The summed E-state index contributed by atoms with van der Waals surface area (Å²) in [6, 6.07) is 9.49. The number of nitrogens with zero attached hydrogens (tertiary/aromatic N) is 5. The number of hydrogen-bond donors (Lipinski definition) is 1. The second-order valence-electron chi connectivity index (χ2n) is 6.12. The summed E-state index contributed by atoms with van der Waals surface area (Å²) in [4.78, 5) is 13.4. The third-order valence-electron chi connectivity index (χ3n) is 4.20. The smallest absolute Gasteiger partial charge is 0.223 e. The molecule has 2 aromatic heterocycles. The van der Waals surface area contributed by atoms with E-state index in [0.717, 1.165) is 16.9 Å². The first kappa shape index (κ1) is 16.8. The highest BCUT2D eigenvalue weighted by Crippen LogP contribution is 2.20. The van der Waals surface area contributed by atoms with E-state index in [4.69, 9.17) is 0 Å². The van der Waals surface area contributed by atoms with E-state index >= 15 is 0 Å². The highest BCUT2D eigenvalue weighted by Gasteiger charge is 2.07. The van der Waals surface area contributed by atoms with Crippen molar-refractivity contribution >= 4 is 5.69 Å². The summed E-state index contributed by atoms with van der Waals surface area (Å²) in [6.07, 6.45) is 3.57. The molecule has 0 radical (unpaired) electrons. The maximum absolute atomic E-state index is 11.4. The van der Waals surface area contributed by atoms with Crippen LogP contribution in [0.4, 0.5) is 5.69 Å². The molecule has 7 heteroatoms. The fraction of sp³-hybridized carbons (Fsp3) is 0.278. The second kappa shape index (κ2) is 6.80. The molecule has 0 atom stereocenters. The van der Waals surface area contributed by atoms with Crippen molar-refractivity contribution in [3.05, 3.63) is 58.6 Å². The summed E-state index contributed by atoms with van der Waals surface area (Å²) >= 11 is 0. The summed E-state index contributed by atoms with van der Waals surface area (Å²) in [7, 11) is 4.00. The molecule has 0 saturated heterocycles. The average Bonchev–Trinajstić information content (AvgIpc) is 3.08. The first-order chi connectivity index (χ1) is 12.0. The third kappa shape index (κ3) is 3.55. The molecular formula is C18H21N5O2. The number of benzene rings is 1. The standard InChI is InChI=1S/C18H21N5O2/c1-13-18(25)17(24)8-9-22(13)10-11-23-12-16(19-20-23)14-4-6-15(7-5-14)21(2)3/h4-9,12,25H,10-11H2,1-3H3. The Morgan fingerprint density at radius 3 is 2.52 bits per heavy atom. The zero-order chi connectivity index (χ0) is 18.0. The molecule has 7 nitrogen and oxygen atoms in total. The van der Waals surface area contributed by atoms with Gasteiger partial charge in [0.05, 0.1) is 18.4 Å². The van der Waals surface area contributed by atoms with E-state index in [-0.39, 0.29) is 11.2 Å². The lowest BCUT2D eigenvalue weighted by molar-refractivity contribution is 0.444. The Bertz CT molecular complexity index is 925. The number of pyridine rings is 1. The second-order valence-corrected chi connectivity index (χ2v) is 6.12. The summed E-state index contributed by atoms with van der Waals surface area (Å²) in [6.45, 7) is 2.89. The van der Waals surface area contributed by atoms with Gasteiger partial charge >= 0.3 is 0 Å². The fourth-order valence-corrected chi connectivity index (χ4v) is 2.59. The minimum absolute atomic E-state index is 0.206. The predicted molar refractivity (Wildman–Crippen MR) is 96.9 cm³/mol. The Hall–Kier alpha value is -3.09. The number of aromatic hydroxyl groups is 1. The Morgan fingerprint density at radius 2 is 1.84 bits per heavy atom. The van der Waals surface area contributed by atoms with Gasteiger partial charge in [0.1, 0.15) is 5.69 Å². The molecule has 0 spiro atoms. The molecule has 25 heavy (non-hydrogen) atoms. The lowest BCUT2D eigenvalue weighted by atomic mass is 10.1. The number of aromatic nitrogens is 4. The van der Waals surface area contributed by atoms with Gasteiger partial charge in [-0.3, -0.25) is 9.48 Å². The van der Waals surface area contributed by atoms with Crippen LogP contribution in [0.15, 0.2) is 47.5 Å². The summed E-state index contributed by atoms with van der Waals surface area (Å²) in [5.41, 5.74) is 3.13. The van der Waals surface area contributed by atoms with Gasteiger partial charge in [0, 0.05) is 44.2 Å². The molecular weight excluding hydrogens is 318 g/mol. The molecule has 0 saturated carbocycles. The van der Waals surface area contributed by atoms with Crippen LogP contribution in [0.25, 0.3) is 11.3 Å². The van der Waals surface area contributed by atoms with Crippen molar-refractivity contribution in [2.75, 3.05) is 19.0 Å². The normalized spacial score (nSPS) is 10.8. The molecule has 3 aromatic rings. The van der Waals surface area contributed by atoms with Gasteiger partial charge in [-0.1, -0.05) is 17.3 Å². The van der Waals surface area contributed by atoms with Gasteiger partial charge in [-0.15, -0.1) is 5.10 Å². The van der Waals surface area contributed by atoms with Gasteiger partial charge in [0.25, 0.3) is 0 Å². The quantitative estimate of drug-likeness (QED) is 0.768. The number of anilines is 1. The van der Waals surface area contributed by atoms with Gasteiger partial charge in [-0.2, -0.15) is 0 Å². The van der Waals surface area contributed by atoms with E-state index in [1.165, 1.54) is 6.07 Å². The van der Waals surface area contributed by atoms with Crippen LogP contribution < -0.4 is 10.3 Å². The largest absolute Gasteiger partial charge is 0.503 e. The third-order valence-corrected chi connectivity index (χ3v) is 4.20. The van der Waals surface area contributed by atoms with E-state index < -0.39 is 0 Å². The lowest BCUT2D eigenvalue weighted by Crippen LogP contribution is -2.14. The Morgan fingerprint density at radius 1 is 1.12 bits per heavy atom. The molecule has 1 N–H and O–H groups in total. The van der Waals surface area contributed by atoms with E-state index in [0.29, 0.717) is 18.8 Å². The van der Waals surface area contributed by atoms with Crippen LogP contribution in [0.3, 0.4) is 0 Å². The van der Waals surface area contributed by atoms with Crippen LogP contribution in [0.5, 0.6) is 5.75 Å². The zero-order valence-corrected chi connectivity index (χ0v) is 14.5. The minimum Gasteiger partial charge on any atom is -0.503 e. The monoisotopic (exact) mass is 339 g/mol. The van der Waals surface area contributed by atoms with Gasteiger partial charge in [0.2, 0.25) is 5.43 Å². The molecule has 130 valence electrons. The lowest BCUT2D eigenvalue weighted by Gasteiger charge is -2.12. The van der Waals surface area contributed by atoms with Crippen LogP contribution in [0.1, 0.15) is 5.69 Å². The minimum atomic E-state index is -0.363. The van der Waals surface area contributed by atoms with Crippen molar-refractivity contribution < 1.29 is 5.11 Å². The Kier molecular flexibility index (Phi) is 4.56. The summed E-state index contributed by atoms with van der Waals surface area (Å²) < 4.78 is 3.58. The predicted octanol–water partition coefficient (Wildman–Crippen LogP) is 1.89. The SMILES string of the molecule is Cc1c(O)c(=O)ccn1CCn1cc(-c2ccc(N(C)C)cc2)nn1. The van der Waals surface area contributed by atoms with Crippen molar-refractivity contribution in [2.24, 2.45) is 0 Å². The molecule has 0 aliphatic heterocycles. The van der Waals surface area contributed by atoms with Crippen LogP contribution in [-0.4, -0.2) is 38.8 Å². The van der Waals surface area contributed by atoms with E-state index in [9.17, 15) is 9.90 Å². The van der Waals surface area contributed by atoms with Crippen LogP contribution in [-0.2, 0) is 13.1 Å². The Balaban J connectivity index is 1.72. The molecule has 0 aliphatic rings. The van der Waals surface area contributed by atoms with Crippen LogP contribution in [0.2, 0.25) is 0 Å². The van der Waals surface area contributed by atoms with Crippen molar-refractivity contribution in [3.63, 3.8) is 0 Å². The van der Waals surface area contributed by atoms with Crippen LogP contribution >= 0.6 is 0 Å². The van der Waals surface area contributed by atoms with Gasteiger partial charge in [-0.05, 0) is 19.1 Å². The van der Waals surface area contributed by atoms with E-state index in [1.54, 1.807) is 17.8 Å². The molecule has 0 bridgehead atoms. The fourth-order valence-electron chi connectivity index (χ4n) is 2.59. The molecule has 2 heterocycles. The average molecular weight is 339 g/mol. The molecule has 0 aliphatic carbocycles. The number of hydrogen-bond acceptors (Lipinski definition) is 5. The van der Waals surface area contributed by atoms with Crippen molar-refractivity contribution in [3.8, 4) is 17.0 Å². The van der Waals surface area contributed by atoms with Gasteiger partial charge < -0.3 is 14.6 Å². The van der Waals surface area contributed by atoms with Crippen molar-refractivity contribution in [2.45, 2.75) is 20.0 Å². The number of rotatable bonds is 5. The maximum atomic E-state index is 11.4. The highest BCUT2D eigenvalue weighted by atomic mass is 16.3. The molecule has 0 fully saturated rings. The maximum Gasteiger partial charge on any atom is 0.223 e. The zero-order valence-electron chi connectivity index (χ0n) is 14.5. The van der Waals surface area contributed by atoms with Gasteiger partial charge in [0.15, 0.2) is 5.75 Å². The molecule has 3 rings (SSSR count). The van der Waals surface area contributed by atoms with Crippen molar-refractivity contribution in [1.29, 1.82) is 0 Å². The van der Waals surface area contributed by atoms with E-state index in [1.807, 2.05) is 54.0 Å². The number of aryl methyl sites for hydroxylation is 2. The summed E-state index contributed by atoms with van der Waals surface area (Å²) in [5.74, 6) is -0.206.